The van der Waals surface area contributed by atoms with Crippen molar-refractivity contribution in [1.82, 2.24) is 0 Å². The van der Waals surface area contributed by atoms with E-state index in [1.54, 1.807) is 25.1 Å². The average Bonchev–Trinajstić information content (AvgIpc) is 2.86. The van der Waals surface area contributed by atoms with Gasteiger partial charge in [0.1, 0.15) is 34.5 Å². The molecule has 0 spiro atoms. The highest BCUT2D eigenvalue weighted by Gasteiger charge is 2.38. The normalized spacial score (nSPS) is 21.9. The SMILES string of the molecule is COc1cc2cc3c(c(O)c2c(O)c1-c1c(OC)cc(O)c2c(O)c4c(cc12)C[C@](C)(O)CC4=O)C(=O)C[C@@](C)(O)C3. The molecule has 6 N–H and O–H groups in total. The number of rotatable bonds is 3. The summed E-state index contributed by atoms with van der Waals surface area (Å²) in [4.78, 5) is 25.9. The Bertz CT molecular complexity index is 1880. The van der Waals surface area contributed by atoms with Crippen LogP contribution >= 0.6 is 0 Å². The van der Waals surface area contributed by atoms with Crippen molar-refractivity contribution >= 4 is 33.1 Å². The van der Waals surface area contributed by atoms with E-state index in [2.05, 4.69) is 0 Å². The minimum Gasteiger partial charge on any atom is -0.507 e. The minimum absolute atomic E-state index is 0.00573. The number of aromatic hydroxyl groups is 4. The largest absolute Gasteiger partial charge is 0.507 e. The number of benzene rings is 4. The molecule has 0 fully saturated rings. The fraction of sp³-hybridized carbons (Fsp3) is 0.312. The predicted octanol–water partition coefficient (Wildman–Crippen LogP) is 4.26. The zero-order valence-corrected chi connectivity index (χ0v) is 23.5. The number of hydrogen-bond acceptors (Lipinski definition) is 10. The lowest BCUT2D eigenvalue weighted by atomic mass is 9.78. The standard InChI is InChI=1S/C32H30O10/c1-31(39)9-14-5-13-7-20(41-3)27(30(38)24(13)28(36)22(14)18(34)11-31)26-16-6-15-10-32(2,40)12-19(35)23(15)29(37)25(16)17(33)8-21(26)42-4/h5-8,33,36-40H,9-12H2,1-4H3/t31-,32-/m0/s1. The van der Waals surface area contributed by atoms with Gasteiger partial charge in [-0.3, -0.25) is 9.59 Å². The summed E-state index contributed by atoms with van der Waals surface area (Å²) in [5.74, 6) is -2.51. The number of phenols is 4. The summed E-state index contributed by atoms with van der Waals surface area (Å²) in [5.41, 5.74) is -1.68. The monoisotopic (exact) mass is 574 g/mol. The number of carbonyl (C=O) groups excluding carboxylic acids is 2. The zero-order chi connectivity index (χ0) is 30.5. The molecule has 42 heavy (non-hydrogen) atoms. The summed E-state index contributed by atoms with van der Waals surface area (Å²) in [6.07, 6.45) is -0.258. The van der Waals surface area contributed by atoms with Crippen molar-refractivity contribution in [2.24, 2.45) is 0 Å². The first-order valence-electron chi connectivity index (χ1n) is 13.4. The van der Waals surface area contributed by atoms with Gasteiger partial charge in [0, 0.05) is 42.7 Å². The Morgan fingerprint density at radius 3 is 1.64 bits per heavy atom. The van der Waals surface area contributed by atoms with Crippen molar-refractivity contribution in [2.45, 2.75) is 50.7 Å². The van der Waals surface area contributed by atoms with Gasteiger partial charge in [-0.15, -0.1) is 0 Å². The number of carbonyl (C=O) groups is 2. The Labute approximate surface area is 240 Å². The van der Waals surface area contributed by atoms with Gasteiger partial charge in [-0.05, 0) is 48.6 Å². The third-order valence-electron chi connectivity index (χ3n) is 8.31. The topological polar surface area (TPSA) is 174 Å². The number of aliphatic hydroxyl groups is 2. The highest BCUT2D eigenvalue weighted by Crippen LogP contribution is 2.55. The minimum atomic E-state index is -1.36. The molecule has 2 aliphatic carbocycles. The first-order chi connectivity index (χ1) is 19.7. The van der Waals surface area contributed by atoms with E-state index in [1.807, 2.05) is 0 Å². The summed E-state index contributed by atoms with van der Waals surface area (Å²) in [6, 6.07) is 5.95. The lowest BCUT2D eigenvalue weighted by Gasteiger charge is -2.30. The molecule has 6 rings (SSSR count). The molecule has 4 aromatic carbocycles. The average molecular weight is 575 g/mol. The number of Topliss-reactive ketones (excluding diaryl/α,β-unsaturated/α-hetero) is 2. The molecule has 10 heteroatoms. The molecule has 0 saturated heterocycles. The van der Waals surface area contributed by atoms with Crippen LogP contribution in [0.25, 0.3) is 32.7 Å². The second-order valence-corrected chi connectivity index (χ2v) is 11.9. The molecule has 0 heterocycles. The van der Waals surface area contributed by atoms with Gasteiger partial charge >= 0.3 is 0 Å². The van der Waals surface area contributed by atoms with Crippen LogP contribution in [0.3, 0.4) is 0 Å². The van der Waals surface area contributed by atoms with E-state index in [0.29, 0.717) is 16.5 Å². The van der Waals surface area contributed by atoms with E-state index in [-0.39, 0.29) is 81.3 Å². The van der Waals surface area contributed by atoms with Crippen molar-refractivity contribution in [2.75, 3.05) is 14.2 Å². The molecule has 0 bridgehead atoms. The van der Waals surface area contributed by atoms with Crippen LogP contribution in [0.15, 0.2) is 24.3 Å². The van der Waals surface area contributed by atoms with Crippen LogP contribution in [0.1, 0.15) is 58.5 Å². The molecule has 2 atom stereocenters. The molecule has 218 valence electrons. The van der Waals surface area contributed by atoms with E-state index in [0.717, 1.165) is 0 Å². The third kappa shape index (κ3) is 3.93. The van der Waals surface area contributed by atoms with Crippen LogP contribution in [-0.4, -0.2) is 67.6 Å². The fourth-order valence-corrected chi connectivity index (χ4v) is 6.68. The Kier molecular flexibility index (Phi) is 5.90. The molecular weight excluding hydrogens is 544 g/mol. The number of ether oxygens (including phenoxy) is 2. The van der Waals surface area contributed by atoms with E-state index < -0.39 is 40.0 Å². The molecule has 4 aromatic rings. The van der Waals surface area contributed by atoms with Gasteiger partial charge in [-0.1, -0.05) is 0 Å². The highest BCUT2D eigenvalue weighted by molar-refractivity contribution is 6.16. The van der Waals surface area contributed by atoms with Gasteiger partial charge in [0.2, 0.25) is 0 Å². The quantitative estimate of drug-likeness (QED) is 0.207. The Balaban J connectivity index is 1.74. The second kappa shape index (κ2) is 8.98. The first-order valence-corrected chi connectivity index (χ1v) is 13.4. The number of methoxy groups -OCH3 is 2. The number of ketones is 2. The van der Waals surface area contributed by atoms with Crippen LogP contribution in [0.2, 0.25) is 0 Å². The summed E-state index contributed by atoms with van der Waals surface area (Å²) in [6.45, 7) is 3.06. The van der Waals surface area contributed by atoms with Crippen molar-refractivity contribution in [3.05, 3.63) is 46.5 Å². The van der Waals surface area contributed by atoms with Crippen LogP contribution < -0.4 is 9.47 Å². The fourth-order valence-electron chi connectivity index (χ4n) is 6.68. The third-order valence-corrected chi connectivity index (χ3v) is 8.31. The summed E-state index contributed by atoms with van der Waals surface area (Å²) >= 11 is 0. The van der Waals surface area contributed by atoms with Gasteiger partial charge in [0.25, 0.3) is 0 Å². The molecule has 0 saturated carbocycles. The smallest absolute Gasteiger partial charge is 0.169 e. The Morgan fingerprint density at radius 1 is 0.619 bits per heavy atom. The second-order valence-electron chi connectivity index (χ2n) is 11.9. The maximum Gasteiger partial charge on any atom is 0.169 e. The first kappa shape index (κ1) is 27.6. The maximum atomic E-state index is 13.0. The van der Waals surface area contributed by atoms with Crippen molar-refractivity contribution in [3.63, 3.8) is 0 Å². The van der Waals surface area contributed by atoms with Crippen molar-refractivity contribution in [3.8, 4) is 45.6 Å². The molecule has 10 nitrogen and oxygen atoms in total. The lowest BCUT2D eigenvalue weighted by Crippen LogP contribution is -2.35. The van der Waals surface area contributed by atoms with Gasteiger partial charge in [-0.2, -0.15) is 0 Å². The van der Waals surface area contributed by atoms with Crippen LogP contribution in [0.4, 0.5) is 0 Å². The maximum absolute atomic E-state index is 13.0. The van der Waals surface area contributed by atoms with Crippen molar-refractivity contribution < 1.29 is 49.7 Å². The van der Waals surface area contributed by atoms with E-state index in [1.165, 1.54) is 27.2 Å². The molecule has 2 aliphatic rings. The van der Waals surface area contributed by atoms with Gasteiger partial charge in [-0.25, -0.2) is 0 Å². The highest BCUT2D eigenvalue weighted by atomic mass is 16.5. The number of fused-ring (bicyclic) bond motifs is 4. The van der Waals surface area contributed by atoms with Gasteiger partial charge < -0.3 is 40.1 Å². The van der Waals surface area contributed by atoms with Crippen LogP contribution in [0.5, 0.6) is 34.5 Å². The van der Waals surface area contributed by atoms with Crippen LogP contribution in [-0.2, 0) is 12.8 Å². The van der Waals surface area contributed by atoms with E-state index >= 15 is 0 Å². The molecule has 0 radical (unpaired) electrons. The zero-order valence-electron chi connectivity index (χ0n) is 23.5. The summed E-state index contributed by atoms with van der Waals surface area (Å²) < 4.78 is 11.3. The Morgan fingerprint density at radius 2 is 1.10 bits per heavy atom. The molecular formula is C32H30O10. The summed E-state index contributed by atoms with van der Waals surface area (Å²) in [7, 11) is 2.72. The molecule has 0 amide bonds. The predicted molar refractivity (Wildman–Crippen MR) is 153 cm³/mol. The van der Waals surface area contributed by atoms with Gasteiger partial charge in [0.05, 0.1) is 52.9 Å². The number of hydrogen-bond donors (Lipinski definition) is 6. The lowest BCUT2D eigenvalue weighted by molar-refractivity contribution is 0.0396. The molecule has 0 aliphatic heterocycles. The Hall–Kier alpha value is -4.54. The molecule has 0 aromatic heterocycles. The molecule has 0 unspecified atom stereocenters. The van der Waals surface area contributed by atoms with E-state index in [4.69, 9.17) is 9.47 Å². The van der Waals surface area contributed by atoms with E-state index in [9.17, 15) is 40.2 Å². The number of phenolic OH excluding ortho intramolecular Hbond substituents is 4. The van der Waals surface area contributed by atoms with Crippen LogP contribution in [0, 0.1) is 0 Å². The van der Waals surface area contributed by atoms with Gasteiger partial charge in [0.15, 0.2) is 11.6 Å². The van der Waals surface area contributed by atoms with Crippen molar-refractivity contribution in [1.29, 1.82) is 0 Å². The summed E-state index contributed by atoms with van der Waals surface area (Å²) in [5, 5.41) is 67.1.